The number of nitrogens with zero attached hydrogens (tertiary/aromatic N) is 3. The fourth-order valence-corrected chi connectivity index (χ4v) is 6.89. The van der Waals surface area contributed by atoms with Gasteiger partial charge in [0, 0.05) is 47.6 Å². The lowest BCUT2D eigenvalue weighted by Crippen LogP contribution is -2.56. The molecule has 0 saturated carbocycles. The number of anilines is 1. The van der Waals surface area contributed by atoms with E-state index in [0.29, 0.717) is 17.2 Å². The van der Waals surface area contributed by atoms with Crippen LogP contribution in [0.3, 0.4) is 0 Å². The summed E-state index contributed by atoms with van der Waals surface area (Å²) < 4.78 is 8.46. The van der Waals surface area contributed by atoms with Crippen LogP contribution in [0.1, 0.15) is 46.6 Å². The van der Waals surface area contributed by atoms with Gasteiger partial charge >= 0.3 is 5.56 Å². The van der Waals surface area contributed by atoms with Crippen molar-refractivity contribution in [1.82, 2.24) is 4.90 Å². The van der Waals surface area contributed by atoms with E-state index in [4.69, 9.17) is 4.42 Å². The third-order valence-electron chi connectivity index (χ3n) is 8.57. The molecular formula is C30H36N3O2+. The second kappa shape index (κ2) is 7.79. The van der Waals surface area contributed by atoms with Crippen LogP contribution in [-0.2, 0) is 13.5 Å². The highest BCUT2D eigenvalue weighted by molar-refractivity contribution is 5.93. The number of benzene rings is 1. The zero-order valence-electron chi connectivity index (χ0n) is 21.8. The molecule has 0 saturated heterocycles. The maximum Gasteiger partial charge on any atom is 0.423 e. The van der Waals surface area contributed by atoms with Crippen molar-refractivity contribution in [2.75, 3.05) is 24.5 Å². The third-order valence-corrected chi connectivity index (χ3v) is 8.57. The van der Waals surface area contributed by atoms with Crippen molar-refractivity contribution in [3.05, 3.63) is 56.4 Å². The minimum atomic E-state index is -0.00839. The van der Waals surface area contributed by atoms with Crippen molar-refractivity contribution < 1.29 is 8.98 Å². The van der Waals surface area contributed by atoms with Crippen LogP contribution in [0.2, 0.25) is 0 Å². The van der Waals surface area contributed by atoms with Gasteiger partial charge in [-0.2, -0.15) is 4.57 Å². The van der Waals surface area contributed by atoms with Crippen LogP contribution in [0, 0.1) is 5.92 Å². The molecule has 1 aromatic rings. The molecule has 2 atom stereocenters. The van der Waals surface area contributed by atoms with Gasteiger partial charge < -0.3 is 9.32 Å². The lowest BCUT2D eigenvalue weighted by atomic mass is 9.78. The molecule has 5 aliphatic rings. The maximum absolute atomic E-state index is 13.5. The van der Waals surface area contributed by atoms with Crippen molar-refractivity contribution in [3.63, 3.8) is 0 Å². The lowest BCUT2D eigenvalue weighted by molar-refractivity contribution is -0.658. The van der Waals surface area contributed by atoms with Crippen molar-refractivity contribution in [2.24, 2.45) is 13.0 Å². The fraction of sp³-hybridized carbons (Fsp3) is 0.467. The van der Waals surface area contributed by atoms with Crippen LogP contribution >= 0.6 is 0 Å². The number of fused-ring (bicyclic) bond motifs is 6. The number of hydrogen-bond acceptors (Lipinski definition) is 4. The van der Waals surface area contributed by atoms with E-state index >= 15 is 0 Å². The van der Waals surface area contributed by atoms with E-state index in [1.54, 1.807) is 4.57 Å². The molecule has 0 N–H and O–H groups in total. The Kier molecular flexibility index (Phi) is 5.02. The first-order chi connectivity index (χ1) is 16.7. The van der Waals surface area contributed by atoms with Crippen molar-refractivity contribution in [3.8, 4) is 11.3 Å². The number of likely N-dealkylation sites (N-methyl/N-ethyl adjacent to an activating group) is 1. The van der Waals surface area contributed by atoms with Gasteiger partial charge in [-0.05, 0) is 70.9 Å². The highest BCUT2D eigenvalue weighted by Gasteiger charge is 2.39. The summed E-state index contributed by atoms with van der Waals surface area (Å²) in [5.41, 5.74) is 6.46. The first-order valence-corrected chi connectivity index (χ1v) is 13.1. The van der Waals surface area contributed by atoms with Gasteiger partial charge in [-0.25, -0.2) is 4.79 Å². The second-order valence-electron chi connectivity index (χ2n) is 11.0. The zero-order chi connectivity index (χ0) is 24.6. The van der Waals surface area contributed by atoms with Gasteiger partial charge in [-0.15, -0.1) is 0 Å². The Balaban J connectivity index is 1.65. The van der Waals surface area contributed by atoms with E-state index in [9.17, 15) is 4.79 Å². The van der Waals surface area contributed by atoms with Gasteiger partial charge in [0.2, 0.25) is 5.52 Å². The van der Waals surface area contributed by atoms with Crippen molar-refractivity contribution >= 4 is 28.7 Å². The normalized spacial score (nSPS) is 23.3. The van der Waals surface area contributed by atoms with Gasteiger partial charge in [-0.3, -0.25) is 4.90 Å². The van der Waals surface area contributed by atoms with E-state index in [-0.39, 0.29) is 17.1 Å². The van der Waals surface area contributed by atoms with E-state index in [1.807, 2.05) is 7.05 Å². The van der Waals surface area contributed by atoms with E-state index in [2.05, 4.69) is 80.8 Å². The lowest BCUT2D eigenvalue weighted by Gasteiger charge is -2.48. The van der Waals surface area contributed by atoms with Crippen LogP contribution in [0.4, 0.5) is 5.69 Å². The molecule has 5 nitrogen and oxygen atoms in total. The van der Waals surface area contributed by atoms with E-state index in [0.717, 1.165) is 54.0 Å². The van der Waals surface area contributed by atoms with Crippen LogP contribution in [0.5, 0.6) is 0 Å². The Morgan fingerprint density at radius 3 is 2.69 bits per heavy atom. The summed E-state index contributed by atoms with van der Waals surface area (Å²) in [6.07, 6.45) is 9.21. The van der Waals surface area contributed by atoms with Crippen LogP contribution in [0.15, 0.2) is 39.1 Å². The van der Waals surface area contributed by atoms with E-state index in [1.165, 1.54) is 16.8 Å². The minimum Gasteiger partial charge on any atom is -0.455 e. The summed E-state index contributed by atoms with van der Waals surface area (Å²) in [6, 6.07) is 6.78. The third kappa shape index (κ3) is 3.24. The molecule has 6 rings (SSSR count). The van der Waals surface area contributed by atoms with Crippen LogP contribution in [0.25, 0.3) is 34.4 Å². The molecule has 182 valence electrons. The molecule has 0 fully saturated rings. The summed E-state index contributed by atoms with van der Waals surface area (Å²) in [7, 11) is 1.89. The number of rotatable bonds is 2. The molecule has 0 spiro atoms. The average Bonchev–Trinajstić information content (AvgIpc) is 2.84. The molecule has 35 heavy (non-hydrogen) atoms. The summed E-state index contributed by atoms with van der Waals surface area (Å²) in [6.45, 7) is 14.2. The number of aromatic nitrogens is 1. The molecule has 5 heteroatoms. The predicted octanol–water partition coefficient (Wildman–Crippen LogP) is 3.11. The van der Waals surface area contributed by atoms with Gasteiger partial charge in [0.15, 0.2) is 5.76 Å². The van der Waals surface area contributed by atoms with Crippen molar-refractivity contribution in [2.45, 2.75) is 59.0 Å². The summed E-state index contributed by atoms with van der Waals surface area (Å²) >= 11 is 0. The molecule has 4 heterocycles. The fourth-order valence-electron chi connectivity index (χ4n) is 6.89. The molecule has 1 aromatic carbocycles. The van der Waals surface area contributed by atoms with Gasteiger partial charge in [-0.1, -0.05) is 24.6 Å². The Morgan fingerprint density at radius 2 is 1.94 bits per heavy atom. The number of pyridine rings is 1. The molecular weight excluding hydrogens is 434 g/mol. The van der Waals surface area contributed by atoms with Crippen LogP contribution in [-0.4, -0.2) is 36.1 Å². The van der Waals surface area contributed by atoms with Crippen molar-refractivity contribution in [1.29, 1.82) is 0 Å². The van der Waals surface area contributed by atoms with Gasteiger partial charge in [0.05, 0.1) is 5.39 Å². The minimum absolute atomic E-state index is 0.000563. The molecule has 0 bridgehead atoms. The topological polar surface area (TPSA) is 40.6 Å². The highest BCUT2D eigenvalue weighted by Crippen LogP contribution is 2.37. The summed E-state index contributed by atoms with van der Waals surface area (Å²) in [4.78, 5) is 18.5. The highest BCUT2D eigenvalue weighted by atomic mass is 16.3. The SMILES string of the molecule is CCN1CCCc2cc3c4oc5c(cc-4c(=O)[n+](C)c3cc21)=CC1C(C)=CC(C)(C)N(CC)C1C=5. The molecule has 2 unspecified atom stereocenters. The first kappa shape index (κ1) is 22.5. The Hall–Kier alpha value is -2.92. The Bertz CT molecular complexity index is 1540. The first-order valence-electron chi connectivity index (χ1n) is 13.1. The monoisotopic (exact) mass is 470 g/mol. The molecule has 0 amide bonds. The largest absolute Gasteiger partial charge is 0.455 e. The Morgan fingerprint density at radius 1 is 1.14 bits per heavy atom. The molecule has 1 aliphatic carbocycles. The smallest absolute Gasteiger partial charge is 0.423 e. The number of aryl methyl sites for hydroxylation is 2. The van der Waals surface area contributed by atoms with Gasteiger partial charge in [0.25, 0.3) is 0 Å². The zero-order valence-corrected chi connectivity index (χ0v) is 21.8. The molecule has 0 radical (unpaired) electrons. The predicted molar refractivity (Wildman–Crippen MR) is 142 cm³/mol. The summed E-state index contributed by atoms with van der Waals surface area (Å²) in [5.74, 6) is 1.01. The Labute approximate surface area is 207 Å². The average molecular weight is 471 g/mol. The van der Waals surface area contributed by atoms with Crippen LogP contribution < -0.4 is 25.7 Å². The van der Waals surface area contributed by atoms with Gasteiger partial charge in [0.1, 0.15) is 18.0 Å². The maximum atomic E-state index is 13.5. The molecule has 0 aromatic heterocycles. The van der Waals surface area contributed by atoms with E-state index < -0.39 is 0 Å². The summed E-state index contributed by atoms with van der Waals surface area (Å²) in [5, 5.41) is 2.05. The standard InChI is InChI=1S/C30H36N3O2/c1-7-32-11-9-10-19-12-22-25(15-24(19)32)31(6)29(34)23-14-20-13-21-18(3)17-30(4,5)33(8-2)26(21)16-27(20)35-28(22)23/h12-17,21,26H,7-11H2,1-6H3/q+1. The molecule has 4 aliphatic heterocycles. The quantitative estimate of drug-likeness (QED) is 0.328. The second-order valence-corrected chi connectivity index (χ2v) is 11.0. The number of hydrogen-bond donors (Lipinski definition) is 0.